The van der Waals surface area contributed by atoms with Crippen molar-refractivity contribution in [1.82, 2.24) is 10.2 Å². The van der Waals surface area contributed by atoms with Crippen LogP contribution in [0.1, 0.15) is 42.0 Å². The molecule has 0 spiro atoms. The molecule has 8 nitrogen and oxygen atoms in total. The van der Waals surface area contributed by atoms with Crippen molar-refractivity contribution < 1.29 is 22.7 Å². The third kappa shape index (κ3) is 9.35. The maximum Gasteiger partial charge on any atom is 0.243 e. The van der Waals surface area contributed by atoms with Crippen LogP contribution in [0.15, 0.2) is 72.8 Å². The summed E-state index contributed by atoms with van der Waals surface area (Å²) in [5.41, 5.74) is 4.26. The maximum atomic E-state index is 13.9. The van der Waals surface area contributed by atoms with Gasteiger partial charge >= 0.3 is 0 Å². The second-order valence-electron chi connectivity index (χ2n) is 10.3. The van der Waals surface area contributed by atoms with Gasteiger partial charge in [-0.3, -0.25) is 13.9 Å². The van der Waals surface area contributed by atoms with Gasteiger partial charge in [0, 0.05) is 32.5 Å². The second-order valence-corrected chi connectivity index (χ2v) is 12.2. The van der Waals surface area contributed by atoms with Gasteiger partial charge in [0.05, 0.1) is 19.1 Å². The van der Waals surface area contributed by atoms with Crippen LogP contribution in [0.4, 0.5) is 5.69 Å². The Hall–Kier alpha value is -3.85. The molecule has 41 heavy (non-hydrogen) atoms. The molecule has 0 heterocycles. The average molecular weight is 580 g/mol. The second kappa shape index (κ2) is 14.7. The van der Waals surface area contributed by atoms with Crippen LogP contribution in [0.2, 0.25) is 0 Å². The first-order valence-corrected chi connectivity index (χ1v) is 15.7. The molecule has 0 aromatic heterocycles. The summed E-state index contributed by atoms with van der Waals surface area (Å²) in [5, 5.41) is 2.89. The SMILES string of the molecule is CCNC(=O)C(Cc1ccccc1)N(Cc1cccc(OC)c1)C(=O)CCCN(c1cc(C)cc(C)c1)S(C)(=O)=O. The van der Waals surface area contributed by atoms with E-state index < -0.39 is 16.1 Å². The van der Waals surface area contributed by atoms with E-state index in [1.165, 1.54) is 10.6 Å². The Bertz CT molecular complexity index is 1410. The molecule has 1 unspecified atom stereocenters. The minimum Gasteiger partial charge on any atom is -0.497 e. The maximum absolute atomic E-state index is 13.9. The van der Waals surface area contributed by atoms with Crippen LogP contribution in [0.5, 0.6) is 5.75 Å². The molecule has 3 aromatic carbocycles. The number of benzene rings is 3. The predicted molar refractivity (Wildman–Crippen MR) is 164 cm³/mol. The summed E-state index contributed by atoms with van der Waals surface area (Å²) >= 11 is 0. The number of carbonyl (C=O) groups is 2. The molecule has 0 fully saturated rings. The van der Waals surface area contributed by atoms with E-state index in [9.17, 15) is 18.0 Å². The van der Waals surface area contributed by atoms with Crippen molar-refractivity contribution in [2.45, 2.75) is 52.6 Å². The Morgan fingerprint density at radius 3 is 2.20 bits per heavy atom. The number of rotatable bonds is 14. The topological polar surface area (TPSA) is 96.0 Å². The zero-order valence-corrected chi connectivity index (χ0v) is 25.4. The lowest BCUT2D eigenvalue weighted by atomic mass is 10.0. The molecule has 0 saturated carbocycles. The van der Waals surface area contributed by atoms with Crippen LogP contribution in [-0.2, 0) is 32.6 Å². The molecule has 2 amide bonds. The number of anilines is 1. The van der Waals surface area contributed by atoms with E-state index in [1.54, 1.807) is 12.0 Å². The normalized spacial score (nSPS) is 11.9. The number of ether oxygens (including phenoxy) is 1. The van der Waals surface area contributed by atoms with Crippen molar-refractivity contribution in [3.63, 3.8) is 0 Å². The van der Waals surface area contributed by atoms with Gasteiger partial charge in [-0.2, -0.15) is 0 Å². The molecule has 1 N–H and O–H groups in total. The number of aryl methyl sites for hydroxylation is 2. The molecule has 3 aromatic rings. The van der Waals surface area contributed by atoms with Gasteiger partial charge in [-0.1, -0.05) is 48.5 Å². The first-order valence-electron chi connectivity index (χ1n) is 13.8. The Labute approximate surface area is 244 Å². The lowest BCUT2D eigenvalue weighted by Crippen LogP contribution is -2.50. The molecule has 220 valence electrons. The zero-order chi connectivity index (χ0) is 30.0. The highest BCUT2D eigenvalue weighted by atomic mass is 32.2. The molecule has 1 atom stereocenters. The molecule has 3 rings (SSSR count). The lowest BCUT2D eigenvalue weighted by molar-refractivity contribution is -0.141. The molecular weight excluding hydrogens is 538 g/mol. The Morgan fingerprint density at radius 2 is 1.59 bits per heavy atom. The summed E-state index contributed by atoms with van der Waals surface area (Å²) in [5.74, 6) is 0.194. The minimum absolute atomic E-state index is 0.0749. The summed E-state index contributed by atoms with van der Waals surface area (Å²) < 4.78 is 32.1. The predicted octanol–water partition coefficient (Wildman–Crippen LogP) is 4.63. The Kier molecular flexibility index (Phi) is 11.3. The number of nitrogens with one attached hydrogen (secondary N) is 1. The van der Waals surface area contributed by atoms with Gasteiger partial charge in [0.1, 0.15) is 11.8 Å². The van der Waals surface area contributed by atoms with E-state index in [0.717, 1.165) is 22.3 Å². The summed E-state index contributed by atoms with van der Waals surface area (Å²) in [7, 11) is -1.99. The van der Waals surface area contributed by atoms with Crippen LogP contribution in [0.3, 0.4) is 0 Å². The smallest absolute Gasteiger partial charge is 0.243 e. The molecular formula is C32H41N3O5S. The van der Waals surface area contributed by atoms with Gasteiger partial charge in [0.2, 0.25) is 21.8 Å². The quantitative estimate of drug-likeness (QED) is 0.300. The number of methoxy groups -OCH3 is 1. The third-order valence-electron chi connectivity index (χ3n) is 6.76. The van der Waals surface area contributed by atoms with Gasteiger partial charge in [0.15, 0.2) is 0 Å². The number of amides is 2. The van der Waals surface area contributed by atoms with E-state index in [2.05, 4.69) is 5.32 Å². The van der Waals surface area contributed by atoms with Crippen LogP contribution in [0.25, 0.3) is 0 Å². The Balaban J connectivity index is 1.89. The first-order chi connectivity index (χ1) is 19.5. The lowest BCUT2D eigenvalue weighted by Gasteiger charge is -2.32. The highest BCUT2D eigenvalue weighted by molar-refractivity contribution is 7.92. The van der Waals surface area contributed by atoms with Crippen molar-refractivity contribution in [3.8, 4) is 5.75 Å². The van der Waals surface area contributed by atoms with Crippen LogP contribution >= 0.6 is 0 Å². The van der Waals surface area contributed by atoms with Crippen molar-refractivity contribution in [1.29, 1.82) is 0 Å². The van der Waals surface area contributed by atoms with Crippen LogP contribution < -0.4 is 14.4 Å². The number of sulfonamides is 1. The summed E-state index contributed by atoms with van der Waals surface area (Å²) in [6, 6.07) is 21.9. The van der Waals surface area contributed by atoms with E-state index >= 15 is 0 Å². The largest absolute Gasteiger partial charge is 0.497 e. The average Bonchev–Trinajstić information content (AvgIpc) is 2.92. The number of likely N-dealkylation sites (N-methyl/N-ethyl adjacent to an activating group) is 1. The fraction of sp³-hybridized carbons (Fsp3) is 0.375. The molecule has 0 radical (unpaired) electrons. The van der Waals surface area contributed by atoms with Gasteiger partial charge in [-0.05, 0) is 73.7 Å². The fourth-order valence-corrected chi connectivity index (χ4v) is 5.86. The van der Waals surface area contributed by atoms with Crippen molar-refractivity contribution >= 4 is 27.5 Å². The summed E-state index contributed by atoms with van der Waals surface area (Å²) in [6.07, 6.45) is 1.89. The van der Waals surface area contributed by atoms with Gasteiger partial charge < -0.3 is 15.0 Å². The molecule has 0 bridgehead atoms. The van der Waals surface area contributed by atoms with Crippen LogP contribution in [0, 0.1) is 13.8 Å². The standard InChI is InChI=1S/C32H41N3O5S/c1-6-33-32(37)30(22-26-12-8-7-9-13-26)34(23-27-14-10-15-29(21-27)40-4)31(36)16-11-17-35(41(5,38)39)28-19-24(2)18-25(3)20-28/h7-10,12-15,18-21,30H,6,11,16-17,22-23H2,1-5H3,(H,33,37). The number of nitrogens with zero attached hydrogens (tertiary/aromatic N) is 2. The molecule has 0 aliphatic heterocycles. The van der Waals surface area contributed by atoms with Gasteiger partial charge in [0.25, 0.3) is 0 Å². The minimum atomic E-state index is -3.57. The highest BCUT2D eigenvalue weighted by Crippen LogP contribution is 2.23. The van der Waals surface area contributed by atoms with Gasteiger partial charge in [-0.25, -0.2) is 8.42 Å². The van der Waals surface area contributed by atoms with Crippen LogP contribution in [-0.4, -0.2) is 57.6 Å². The summed E-state index contributed by atoms with van der Waals surface area (Å²) in [6.45, 7) is 6.47. The molecule has 0 saturated heterocycles. The zero-order valence-electron chi connectivity index (χ0n) is 24.6. The van der Waals surface area contributed by atoms with E-state index in [-0.39, 0.29) is 31.3 Å². The van der Waals surface area contributed by atoms with Crippen molar-refractivity contribution in [2.75, 3.05) is 30.8 Å². The Morgan fingerprint density at radius 1 is 0.927 bits per heavy atom. The fourth-order valence-electron chi connectivity index (χ4n) is 4.91. The monoisotopic (exact) mass is 579 g/mol. The highest BCUT2D eigenvalue weighted by Gasteiger charge is 2.30. The summed E-state index contributed by atoms with van der Waals surface area (Å²) in [4.78, 5) is 28.8. The van der Waals surface area contributed by atoms with E-state index in [0.29, 0.717) is 30.8 Å². The number of carbonyl (C=O) groups excluding carboxylic acids is 2. The van der Waals surface area contributed by atoms with Crippen molar-refractivity contribution in [3.05, 3.63) is 95.1 Å². The third-order valence-corrected chi connectivity index (χ3v) is 7.95. The molecule has 9 heteroatoms. The van der Waals surface area contributed by atoms with E-state index in [1.807, 2.05) is 93.6 Å². The number of hydrogen-bond acceptors (Lipinski definition) is 5. The number of hydrogen-bond donors (Lipinski definition) is 1. The van der Waals surface area contributed by atoms with E-state index in [4.69, 9.17) is 4.74 Å². The van der Waals surface area contributed by atoms with Crippen molar-refractivity contribution in [2.24, 2.45) is 0 Å². The first kappa shape index (κ1) is 31.7. The van der Waals surface area contributed by atoms with Gasteiger partial charge in [-0.15, -0.1) is 0 Å². The molecule has 0 aliphatic carbocycles. The molecule has 0 aliphatic rings.